The molecule has 0 saturated carbocycles. The Bertz CT molecular complexity index is 167. The summed E-state index contributed by atoms with van der Waals surface area (Å²) in [6.07, 6.45) is 0. The van der Waals surface area contributed by atoms with Gasteiger partial charge >= 0.3 is 0 Å². The predicted octanol–water partition coefficient (Wildman–Crippen LogP) is 0.842. The number of hydrogen-bond acceptors (Lipinski definition) is 0. The molecule has 9 heavy (non-hydrogen) atoms. The second-order valence-corrected chi connectivity index (χ2v) is 2.62. The van der Waals surface area contributed by atoms with Crippen molar-refractivity contribution in [2.75, 3.05) is 0 Å². The molecule has 0 N–H and O–H groups in total. The zero-order valence-electron chi connectivity index (χ0n) is 4.76. The van der Waals surface area contributed by atoms with E-state index in [4.69, 9.17) is 0 Å². The van der Waals surface area contributed by atoms with Gasteiger partial charge in [0.2, 0.25) is 0 Å². The van der Waals surface area contributed by atoms with Crippen LogP contribution in [0.15, 0.2) is 24.3 Å². The van der Waals surface area contributed by atoms with Gasteiger partial charge in [0.1, 0.15) is 0 Å². The van der Waals surface area contributed by atoms with Crippen LogP contribution >= 0.6 is 18.5 Å². The molecule has 0 aromatic heterocycles. The van der Waals surface area contributed by atoms with Crippen LogP contribution in [0, 0.1) is 0 Å². The maximum absolute atomic E-state index is 3.39. The molecule has 0 nitrogen and oxygen atoms in total. The normalized spacial score (nSPS) is 8.22. The second kappa shape index (κ2) is 4.67. The summed E-state index contributed by atoms with van der Waals surface area (Å²) in [7, 11) is 6.79. The molecule has 1 aromatic rings. The summed E-state index contributed by atoms with van der Waals surface area (Å²) in [6, 6.07) is 7.93. The second-order valence-electron chi connectivity index (χ2n) is 1.55. The van der Waals surface area contributed by atoms with Gasteiger partial charge in [-0.2, -0.15) is 0 Å². The monoisotopic (exact) mass is 261 g/mol. The van der Waals surface area contributed by atoms with Gasteiger partial charge in [-0.3, -0.25) is 0 Å². The van der Waals surface area contributed by atoms with Gasteiger partial charge in [-0.25, -0.2) is 10.6 Å². The topological polar surface area (TPSA) is 0 Å². The van der Waals surface area contributed by atoms with E-state index in [1.54, 1.807) is 0 Å². The maximum atomic E-state index is 3.39. The molecule has 0 aliphatic carbocycles. The van der Waals surface area contributed by atoms with E-state index in [0.29, 0.717) is 0 Å². The van der Waals surface area contributed by atoms with Crippen LogP contribution in [0.4, 0.5) is 0 Å². The van der Waals surface area contributed by atoms with Gasteiger partial charge in [0, 0.05) is 24.4 Å². The number of rotatable bonds is 0. The van der Waals surface area contributed by atoms with E-state index in [2.05, 4.69) is 18.5 Å². The Labute approximate surface area is 77.7 Å². The van der Waals surface area contributed by atoms with Crippen molar-refractivity contribution < 1.29 is 0 Å². The van der Waals surface area contributed by atoms with Crippen LogP contribution in [0.3, 0.4) is 0 Å². The van der Waals surface area contributed by atoms with Gasteiger partial charge in [0.15, 0.2) is 0 Å². The first-order valence-corrected chi connectivity index (χ1v) is 3.33. The Kier molecular flexibility index (Phi) is 5.14. The van der Waals surface area contributed by atoms with Crippen molar-refractivity contribution in [3.8, 4) is 0 Å². The van der Waals surface area contributed by atoms with E-state index in [0.717, 1.165) is 10.6 Å². The number of benzene rings is 1. The van der Waals surface area contributed by atoms with Gasteiger partial charge in [-0.05, 0) is 0 Å². The average Bonchev–Trinajstić information content (AvgIpc) is 1.77. The Balaban J connectivity index is 0.000000640. The summed E-state index contributed by atoms with van der Waals surface area (Å²) in [5.74, 6) is 0. The fourth-order valence-electron chi connectivity index (χ4n) is 0.483. The number of hydrogen-bond donors (Lipinski definition) is 0. The fraction of sp³-hybridized carbons (Fsp3) is 0. The molecule has 0 aliphatic heterocycles. The SMILES string of the molecule is [PH-]c1ccccc1[PH-].[Sb]. The van der Waals surface area contributed by atoms with Crippen LogP contribution in [-0.2, 0) is 0 Å². The molecule has 0 atom stereocenters. The molecule has 0 bridgehead atoms. The summed E-state index contributed by atoms with van der Waals surface area (Å²) in [6.45, 7) is 0. The summed E-state index contributed by atoms with van der Waals surface area (Å²) in [4.78, 5) is 0. The van der Waals surface area contributed by atoms with Gasteiger partial charge in [-0.15, -0.1) is 0 Å². The van der Waals surface area contributed by atoms with E-state index < -0.39 is 0 Å². The Morgan fingerprint density at radius 1 is 0.889 bits per heavy atom. The molecular weight excluding hydrogens is 256 g/mol. The van der Waals surface area contributed by atoms with Gasteiger partial charge in [0.05, 0.1) is 0 Å². The third kappa shape index (κ3) is 2.99. The molecule has 0 saturated heterocycles. The molecule has 0 unspecified atom stereocenters. The van der Waals surface area contributed by atoms with Crippen LogP contribution in [0.1, 0.15) is 0 Å². The zero-order valence-corrected chi connectivity index (χ0v) is 9.31. The van der Waals surface area contributed by atoms with Crippen LogP contribution in [0.25, 0.3) is 0 Å². The molecule has 0 fully saturated rings. The van der Waals surface area contributed by atoms with Crippen molar-refractivity contribution >= 4 is 53.5 Å². The molecule has 47 valence electrons. The van der Waals surface area contributed by atoms with Crippen LogP contribution < -0.4 is 10.6 Å². The minimum Gasteiger partial charge on any atom is -0.527 e. The van der Waals surface area contributed by atoms with Crippen molar-refractivity contribution in [1.29, 1.82) is 0 Å². The maximum Gasteiger partial charge on any atom is 0 e. The van der Waals surface area contributed by atoms with Crippen molar-refractivity contribution in [2.45, 2.75) is 0 Å². The van der Waals surface area contributed by atoms with Gasteiger partial charge in [0.25, 0.3) is 0 Å². The average molecular weight is 262 g/mol. The van der Waals surface area contributed by atoms with Crippen LogP contribution in [0.2, 0.25) is 0 Å². The molecule has 0 amide bonds. The minimum atomic E-state index is 0. The van der Waals surface area contributed by atoms with E-state index >= 15 is 0 Å². The van der Waals surface area contributed by atoms with Crippen LogP contribution in [0.5, 0.6) is 0 Å². The molecule has 3 heteroatoms. The minimum absolute atomic E-state index is 0. The summed E-state index contributed by atoms with van der Waals surface area (Å²) in [5, 5.41) is 2.17. The van der Waals surface area contributed by atoms with E-state index in [1.807, 2.05) is 24.3 Å². The van der Waals surface area contributed by atoms with Crippen molar-refractivity contribution in [3.63, 3.8) is 0 Å². The summed E-state index contributed by atoms with van der Waals surface area (Å²) >= 11 is 0. The molecular formula is C6H6P2Sb-2. The summed E-state index contributed by atoms with van der Waals surface area (Å²) < 4.78 is 0. The van der Waals surface area contributed by atoms with Gasteiger partial charge < -0.3 is 18.5 Å². The van der Waals surface area contributed by atoms with E-state index in [1.165, 1.54) is 0 Å². The smallest absolute Gasteiger partial charge is 0 e. The van der Waals surface area contributed by atoms with E-state index in [-0.39, 0.29) is 24.4 Å². The summed E-state index contributed by atoms with van der Waals surface area (Å²) in [5.41, 5.74) is 0. The first kappa shape index (κ1) is 9.90. The molecule has 1 aromatic carbocycles. The third-order valence-corrected chi connectivity index (χ3v) is 2.05. The third-order valence-electron chi connectivity index (χ3n) is 0.927. The zero-order chi connectivity index (χ0) is 5.98. The Morgan fingerprint density at radius 3 is 1.44 bits per heavy atom. The molecule has 0 heterocycles. The standard InChI is InChI=1S/C6H6P2.Sb/c7-5-3-1-2-4-6(5)8;/h1-4,7-8H;/q-2;. The van der Waals surface area contributed by atoms with Crippen molar-refractivity contribution in [3.05, 3.63) is 24.3 Å². The molecule has 0 spiro atoms. The predicted molar refractivity (Wildman–Crippen MR) is 48.1 cm³/mol. The molecule has 1 rings (SSSR count). The van der Waals surface area contributed by atoms with Crippen LogP contribution in [-0.4, -0.2) is 24.4 Å². The van der Waals surface area contributed by atoms with Gasteiger partial charge in [-0.1, -0.05) is 24.3 Å². The molecule has 0 aliphatic rings. The quantitative estimate of drug-likeness (QED) is 0.480. The van der Waals surface area contributed by atoms with Crippen molar-refractivity contribution in [2.24, 2.45) is 0 Å². The van der Waals surface area contributed by atoms with E-state index in [9.17, 15) is 0 Å². The Morgan fingerprint density at radius 2 is 1.22 bits per heavy atom. The fourth-order valence-corrected chi connectivity index (χ4v) is 0.842. The Hall–Kier alpha value is 0.898. The van der Waals surface area contributed by atoms with Crippen molar-refractivity contribution in [1.82, 2.24) is 0 Å². The molecule has 3 radical (unpaired) electrons. The first-order valence-electron chi connectivity index (χ1n) is 2.33. The first-order chi connectivity index (χ1) is 3.80. The largest absolute Gasteiger partial charge is 0.527 e.